The highest BCUT2D eigenvalue weighted by molar-refractivity contribution is 7.89. The minimum Gasteiger partial charge on any atom is -0.493 e. The van der Waals surface area contributed by atoms with Crippen molar-refractivity contribution in [2.45, 2.75) is 44.4 Å². The van der Waals surface area contributed by atoms with Crippen LogP contribution in [0, 0.1) is 0 Å². The van der Waals surface area contributed by atoms with Crippen molar-refractivity contribution in [1.82, 2.24) is 4.31 Å². The van der Waals surface area contributed by atoms with E-state index in [1.54, 1.807) is 17.0 Å². The van der Waals surface area contributed by atoms with E-state index in [-0.39, 0.29) is 34.9 Å². The monoisotopic (exact) mass is 454 g/mol. The Balaban J connectivity index is 1.83. The van der Waals surface area contributed by atoms with Crippen LogP contribution in [0.2, 0.25) is 0 Å². The van der Waals surface area contributed by atoms with E-state index in [1.807, 2.05) is 6.92 Å². The minimum atomic E-state index is -3.82. The molecule has 1 unspecified atom stereocenters. The van der Waals surface area contributed by atoms with Crippen LogP contribution in [-0.2, 0) is 27.8 Å². The zero-order valence-electron chi connectivity index (χ0n) is 17.6. The number of halogens is 2. The number of rotatable bonds is 7. The maximum atomic E-state index is 13.1. The van der Waals surface area contributed by atoms with E-state index >= 15 is 0 Å². The average molecular weight is 454 g/mol. The molecule has 0 saturated heterocycles. The maximum Gasteiger partial charge on any atom is 0.387 e. The molecule has 31 heavy (non-hydrogen) atoms. The van der Waals surface area contributed by atoms with E-state index in [1.165, 1.54) is 45.3 Å². The van der Waals surface area contributed by atoms with Crippen LogP contribution in [0.1, 0.15) is 25.0 Å². The summed E-state index contributed by atoms with van der Waals surface area (Å²) in [5, 5.41) is 0. The van der Waals surface area contributed by atoms with Crippen molar-refractivity contribution in [3.8, 4) is 11.5 Å². The van der Waals surface area contributed by atoms with Crippen molar-refractivity contribution < 1.29 is 31.5 Å². The third-order valence-corrected chi connectivity index (χ3v) is 6.96. The molecule has 1 atom stereocenters. The smallest absolute Gasteiger partial charge is 0.387 e. The van der Waals surface area contributed by atoms with Gasteiger partial charge in [-0.2, -0.15) is 13.1 Å². The molecule has 2 aromatic rings. The molecule has 0 aromatic heterocycles. The molecule has 10 heteroatoms. The first-order chi connectivity index (χ1) is 14.5. The first-order valence-electron chi connectivity index (χ1n) is 9.55. The standard InChI is InChI=1S/C21H24F2N2O5S/c1-13-9-16-11-17(6-7-18(16)25(13)14(2)26)31(27,28)24(3)12-15-5-8-19(30-21(22)23)20(10-15)29-4/h5-8,10-11,13,21H,9,12H2,1-4H3. The second kappa shape index (κ2) is 8.80. The van der Waals surface area contributed by atoms with Crippen LogP contribution in [0.25, 0.3) is 0 Å². The molecule has 0 N–H and O–H groups in total. The van der Waals surface area contributed by atoms with Gasteiger partial charge in [-0.3, -0.25) is 4.79 Å². The number of sulfonamides is 1. The molecule has 1 heterocycles. The Hall–Kier alpha value is -2.72. The van der Waals surface area contributed by atoms with Crippen LogP contribution in [0.3, 0.4) is 0 Å². The Morgan fingerprint density at radius 1 is 1.23 bits per heavy atom. The van der Waals surface area contributed by atoms with Crippen molar-refractivity contribution in [3.63, 3.8) is 0 Å². The van der Waals surface area contributed by atoms with Crippen molar-refractivity contribution in [1.29, 1.82) is 0 Å². The minimum absolute atomic E-state index is 0.000705. The van der Waals surface area contributed by atoms with Gasteiger partial charge in [-0.05, 0) is 54.8 Å². The van der Waals surface area contributed by atoms with Gasteiger partial charge >= 0.3 is 6.61 Å². The van der Waals surface area contributed by atoms with E-state index < -0.39 is 16.6 Å². The van der Waals surface area contributed by atoms with Crippen LogP contribution in [0.5, 0.6) is 11.5 Å². The summed E-state index contributed by atoms with van der Waals surface area (Å²) in [4.78, 5) is 13.7. The van der Waals surface area contributed by atoms with E-state index in [0.717, 1.165) is 15.6 Å². The molecule has 0 saturated carbocycles. The van der Waals surface area contributed by atoms with E-state index in [4.69, 9.17) is 4.74 Å². The lowest BCUT2D eigenvalue weighted by atomic mass is 10.1. The Bertz CT molecular complexity index is 1090. The molecule has 168 valence electrons. The average Bonchev–Trinajstić information content (AvgIpc) is 3.03. The Morgan fingerprint density at radius 3 is 2.55 bits per heavy atom. The summed E-state index contributed by atoms with van der Waals surface area (Å²) in [6.07, 6.45) is 0.574. The van der Waals surface area contributed by atoms with E-state index in [2.05, 4.69) is 4.74 Å². The Morgan fingerprint density at radius 2 is 1.94 bits per heavy atom. The van der Waals surface area contributed by atoms with Gasteiger partial charge in [0.2, 0.25) is 15.9 Å². The molecule has 1 aliphatic heterocycles. The molecule has 1 aliphatic rings. The number of anilines is 1. The number of ether oxygens (including phenoxy) is 2. The number of methoxy groups -OCH3 is 1. The number of alkyl halides is 2. The summed E-state index contributed by atoms with van der Waals surface area (Å²) in [7, 11) is -1.08. The quantitative estimate of drug-likeness (QED) is 0.641. The molecule has 3 rings (SSSR count). The predicted molar refractivity (Wildman–Crippen MR) is 111 cm³/mol. The molecule has 0 bridgehead atoms. The summed E-state index contributed by atoms with van der Waals surface area (Å²) in [5.41, 5.74) is 2.07. The fourth-order valence-corrected chi connectivity index (χ4v) is 4.98. The molecular weight excluding hydrogens is 430 g/mol. The first kappa shape index (κ1) is 23.0. The Labute approximate surface area is 180 Å². The number of fused-ring (bicyclic) bond motifs is 1. The summed E-state index contributed by atoms with van der Waals surface area (Å²) in [6.45, 7) is 0.400. The zero-order valence-corrected chi connectivity index (χ0v) is 18.4. The molecule has 1 amide bonds. The topological polar surface area (TPSA) is 76.2 Å². The van der Waals surface area contributed by atoms with Crippen molar-refractivity contribution in [2.75, 3.05) is 19.1 Å². The number of nitrogens with zero attached hydrogens (tertiary/aromatic N) is 2. The number of hydrogen-bond donors (Lipinski definition) is 0. The lowest BCUT2D eigenvalue weighted by molar-refractivity contribution is -0.116. The van der Waals surface area contributed by atoms with Crippen LogP contribution in [0.4, 0.5) is 14.5 Å². The molecule has 2 aromatic carbocycles. The largest absolute Gasteiger partial charge is 0.493 e. The molecule has 0 spiro atoms. The maximum absolute atomic E-state index is 13.1. The van der Waals surface area contributed by atoms with Gasteiger partial charge in [0.1, 0.15) is 0 Å². The molecule has 0 fully saturated rings. The van der Waals surface area contributed by atoms with E-state index in [0.29, 0.717) is 12.0 Å². The van der Waals surface area contributed by atoms with Gasteiger partial charge in [0, 0.05) is 32.2 Å². The van der Waals surface area contributed by atoms with Crippen molar-refractivity contribution >= 4 is 21.6 Å². The third kappa shape index (κ3) is 4.64. The van der Waals surface area contributed by atoms with Gasteiger partial charge in [0.05, 0.1) is 12.0 Å². The Kier molecular flexibility index (Phi) is 6.51. The number of carbonyl (C=O) groups excluding carboxylic acids is 1. The summed E-state index contributed by atoms with van der Waals surface area (Å²) in [5.74, 6) is -0.138. The van der Waals surface area contributed by atoms with Crippen molar-refractivity contribution in [3.05, 3.63) is 47.5 Å². The van der Waals surface area contributed by atoms with Crippen LogP contribution >= 0.6 is 0 Å². The normalized spacial score (nSPS) is 16.0. The second-order valence-corrected chi connectivity index (χ2v) is 9.40. The summed E-state index contributed by atoms with van der Waals surface area (Å²) >= 11 is 0. The highest BCUT2D eigenvalue weighted by Gasteiger charge is 2.31. The van der Waals surface area contributed by atoms with Gasteiger partial charge in [-0.1, -0.05) is 6.07 Å². The SMILES string of the molecule is COc1cc(CN(C)S(=O)(=O)c2ccc3c(c2)CC(C)N3C(C)=O)ccc1OC(F)F. The fourth-order valence-electron chi connectivity index (χ4n) is 3.77. The number of amides is 1. The summed E-state index contributed by atoms with van der Waals surface area (Å²) < 4.78 is 61.8. The number of hydrogen-bond acceptors (Lipinski definition) is 5. The number of carbonyl (C=O) groups is 1. The van der Waals surface area contributed by atoms with Gasteiger partial charge < -0.3 is 14.4 Å². The molecule has 0 radical (unpaired) electrons. The van der Waals surface area contributed by atoms with Gasteiger partial charge in [-0.25, -0.2) is 8.42 Å². The molecule has 7 nitrogen and oxygen atoms in total. The fraction of sp³-hybridized carbons (Fsp3) is 0.381. The lowest BCUT2D eigenvalue weighted by Gasteiger charge is -2.21. The zero-order chi connectivity index (χ0) is 22.9. The van der Waals surface area contributed by atoms with Crippen LogP contribution in [0.15, 0.2) is 41.3 Å². The van der Waals surface area contributed by atoms with Crippen LogP contribution < -0.4 is 14.4 Å². The predicted octanol–water partition coefficient (Wildman–Crippen LogP) is 3.41. The van der Waals surface area contributed by atoms with Gasteiger partial charge in [0.15, 0.2) is 11.5 Å². The van der Waals surface area contributed by atoms with Crippen molar-refractivity contribution in [2.24, 2.45) is 0 Å². The second-order valence-electron chi connectivity index (χ2n) is 7.36. The van der Waals surface area contributed by atoms with Gasteiger partial charge in [0.25, 0.3) is 0 Å². The highest BCUT2D eigenvalue weighted by Crippen LogP contribution is 2.35. The molecular formula is C21H24F2N2O5S. The molecule has 0 aliphatic carbocycles. The third-order valence-electron chi connectivity index (χ3n) is 5.16. The van der Waals surface area contributed by atoms with E-state index in [9.17, 15) is 22.0 Å². The lowest BCUT2D eigenvalue weighted by Crippen LogP contribution is -2.33. The first-order valence-corrected chi connectivity index (χ1v) is 11.0. The van der Waals surface area contributed by atoms with Crippen LogP contribution in [-0.4, -0.2) is 45.4 Å². The van der Waals surface area contributed by atoms with Gasteiger partial charge in [-0.15, -0.1) is 0 Å². The number of benzene rings is 2. The highest BCUT2D eigenvalue weighted by atomic mass is 32.2. The summed E-state index contributed by atoms with van der Waals surface area (Å²) in [6, 6.07) is 8.97.